The topological polar surface area (TPSA) is 111 Å². The third kappa shape index (κ3) is 4.60. The molecule has 2 heterocycles. The van der Waals surface area contributed by atoms with Crippen molar-refractivity contribution in [2.45, 2.75) is 6.36 Å². The van der Waals surface area contributed by atoms with Gasteiger partial charge < -0.3 is 19.8 Å². The van der Waals surface area contributed by atoms with Gasteiger partial charge in [-0.05, 0) is 54.1 Å². The highest BCUT2D eigenvalue weighted by molar-refractivity contribution is 5.96. The lowest BCUT2D eigenvalue weighted by atomic mass is 10.1. The summed E-state index contributed by atoms with van der Waals surface area (Å²) in [7, 11) is 1.57. The Balaban J connectivity index is 1.89. The first-order valence-corrected chi connectivity index (χ1v) is 9.69. The van der Waals surface area contributed by atoms with Crippen LogP contribution in [0.4, 0.5) is 24.7 Å². The monoisotopic (exact) mass is 471 g/mol. The average Bonchev–Trinajstić information content (AvgIpc) is 2.78. The lowest BCUT2D eigenvalue weighted by Gasteiger charge is -2.14. The lowest BCUT2D eigenvalue weighted by molar-refractivity contribution is -0.274. The first kappa shape index (κ1) is 22.6. The van der Waals surface area contributed by atoms with Crippen molar-refractivity contribution < 1.29 is 23.1 Å². The van der Waals surface area contributed by atoms with Crippen LogP contribution in [0.5, 0.6) is 5.75 Å². The molecule has 4 rings (SSSR count). The van der Waals surface area contributed by atoms with Gasteiger partial charge in [-0.25, -0.2) is 0 Å². The smallest absolute Gasteiger partial charge is 0.411 e. The number of hydrogen-bond donors (Lipinski definition) is 2. The number of ether oxygens (including phenoxy) is 1. The minimum atomic E-state index is -4.86. The number of aryl methyl sites for hydroxylation is 1. The highest BCUT2D eigenvalue weighted by atomic mass is 19.4. The van der Waals surface area contributed by atoms with Gasteiger partial charge in [-0.1, -0.05) is 11.2 Å². The maximum Gasteiger partial charge on any atom is 0.573 e. The maximum atomic E-state index is 13.2. The summed E-state index contributed by atoms with van der Waals surface area (Å²) in [6.07, 6.45) is -2.15. The molecule has 12 heteroatoms. The van der Waals surface area contributed by atoms with Crippen LogP contribution in [0.1, 0.15) is 5.56 Å². The number of aromatic nitrogens is 3. The Morgan fingerprint density at radius 3 is 2.47 bits per heavy atom. The van der Waals surface area contributed by atoms with Gasteiger partial charge in [-0.15, -0.1) is 18.3 Å². The van der Waals surface area contributed by atoms with Gasteiger partial charge in [-0.3, -0.25) is 9.59 Å². The summed E-state index contributed by atoms with van der Waals surface area (Å²) in [5.74, 6) is -0.307. The number of pyridine rings is 1. The summed E-state index contributed by atoms with van der Waals surface area (Å²) in [4.78, 5) is 25.7. The van der Waals surface area contributed by atoms with Crippen molar-refractivity contribution in [3.8, 4) is 11.4 Å². The van der Waals surface area contributed by atoms with Gasteiger partial charge in [0.2, 0.25) is 0 Å². The predicted molar refractivity (Wildman–Crippen MR) is 118 cm³/mol. The molecule has 0 atom stereocenters. The molecule has 9 nitrogen and oxygen atoms in total. The van der Waals surface area contributed by atoms with Crippen molar-refractivity contribution in [1.29, 1.82) is 0 Å². The molecule has 2 aromatic heterocycles. The summed E-state index contributed by atoms with van der Waals surface area (Å²) >= 11 is 0. The Morgan fingerprint density at radius 2 is 1.79 bits per heavy atom. The molecule has 0 saturated heterocycles. The molecule has 0 saturated carbocycles. The van der Waals surface area contributed by atoms with Gasteiger partial charge in [0.05, 0.1) is 17.3 Å². The third-order valence-corrected chi connectivity index (χ3v) is 4.82. The molecule has 4 aromatic rings. The highest BCUT2D eigenvalue weighted by Gasteiger charge is 2.31. The number of fused-ring (bicyclic) bond motifs is 1. The summed E-state index contributed by atoms with van der Waals surface area (Å²) < 4.78 is 43.6. The van der Waals surface area contributed by atoms with Crippen molar-refractivity contribution >= 4 is 28.5 Å². The Bertz CT molecular complexity index is 1510. The molecule has 0 aliphatic rings. The molecule has 34 heavy (non-hydrogen) atoms. The minimum Gasteiger partial charge on any atom is -0.411 e. The van der Waals surface area contributed by atoms with Gasteiger partial charge in [-0.2, -0.15) is 4.68 Å². The molecule has 0 unspecified atom stereocenters. The highest BCUT2D eigenvalue weighted by Crippen LogP contribution is 2.25. The average molecular weight is 471 g/mol. The van der Waals surface area contributed by atoms with Crippen molar-refractivity contribution in [3.05, 3.63) is 87.1 Å². The number of nitrogens with zero attached hydrogens (tertiary/aromatic N) is 4. The Kier molecular flexibility index (Phi) is 5.80. The largest absolute Gasteiger partial charge is 0.573 e. The minimum absolute atomic E-state index is 0.154. The molecule has 0 spiro atoms. The first-order chi connectivity index (χ1) is 16.2. The fraction of sp³-hybridized carbons (Fsp3) is 0.0909. The maximum absolute atomic E-state index is 13.2. The van der Waals surface area contributed by atoms with E-state index in [0.29, 0.717) is 10.9 Å². The van der Waals surface area contributed by atoms with Crippen LogP contribution in [0.3, 0.4) is 0 Å². The van der Waals surface area contributed by atoms with Crippen LogP contribution < -0.4 is 21.2 Å². The summed E-state index contributed by atoms with van der Waals surface area (Å²) in [5, 5.41) is 19.6. The standard InChI is InChI=1S/C22H16F3N5O4/c1-29-10-2-3-18(21(29)32)27-19-16-9-4-13(12-26-33)11-17(16)20(31)30(28-19)14-5-7-15(8-6-14)34-22(23,24)25/h2-12,33H,1H3,(H,27,28)/b26-12+. The number of anilines is 2. The SMILES string of the molecule is Cn1cccc(Nc2nn(-c3ccc(OC(F)(F)F)cc3)c(=O)c3cc(/C=N/O)ccc23)c1=O. The van der Waals surface area contributed by atoms with E-state index in [-0.39, 0.29) is 28.1 Å². The molecular weight excluding hydrogens is 455 g/mol. The zero-order valence-electron chi connectivity index (χ0n) is 17.4. The van der Waals surface area contributed by atoms with Crippen LogP contribution in [0.25, 0.3) is 16.5 Å². The Hall–Kier alpha value is -4.61. The van der Waals surface area contributed by atoms with Crippen LogP contribution in [0.15, 0.2) is 75.5 Å². The fourth-order valence-corrected chi connectivity index (χ4v) is 3.28. The van der Waals surface area contributed by atoms with E-state index in [2.05, 4.69) is 20.3 Å². The van der Waals surface area contributed by atoms with Crippen molar-refractivity contribution in [1.82, 2.24) is 14.3 Å². The zero-order valence-corrected chi connectivity index (χ0v) is 17.4. The van der Waals surface area contributed by atoms with E-state index < -0.39 is 17.7 Å². The summed E-state index contributed by atoms with van der Waals surface area (Å²) in [6.45, 7) is 0. The molecule has 0 amide bonds. The molecule has 0 radical (unpaired) electrons. The second-order valence-electron chi connectivity index (χ2n) is 7.12. The predicted octanol–water partition coefficient (Wildman–Crippen LogP) is 3.53. The van der Waals surface area contributed by atoms with Gasteiger partial charge in [0.1, 0.15) is 11.4 Å². The summed E-state index contributed by atoms with van der Waals surface area (Å²) in [6, 6.07) is 12.4. The number of hydrogen-bond acceptors (Lipinski definition) is 7. The summed E-state index contributed by atoms with van der Waals surface area (Å²) in [5.41, 5.74) is -0.155. The van der Waals surface area contributed by atoms with E-state index in [1.165, 1.54) is 22.8 Å². The Labute approximate surface area is 188 Å². The van der Waals surface area contributed by atoms with Gasteiger partial charge in [0, 0.05) is 18.6 Å². The number of benzene rings is 2. The molecule has 0 bridgehead atoms. The molecular formula is C22H16F3N5O4. The first-order valence-electron chi connectivity index (χ1n) is 9.69. The number of oxime groups is 1. The molecule has 174 valence electrons. The van der Waals surface area contributed by atoms with Crippen LogP contribution in [-0.4, -0.2) is 32.1 Å². The van der Waals surface area contributed by atoms with Crippen LogP contribution in [0.2, 0.25) is 0 Å². The Morgan fingerprint density at radius 1 is 1.06 bits per heavy atom. The molecule has 2 aromatic carbocycles. The van der Waals surface area contributed by atoms with Crippen LogP contribution in [0, 0.1) is 0 Å². The van der Waals surface area contributed by atoms with E-state index in [0.717, 1.165) is 23.0 Å². The van der Waals surface area contributed by atoms with E-state index in [9.17, 15) is 22.8 Å². The second-order valence-corrected chi connectivity index (χ2v) is 7.12. The van der Waals surface area contributed by atoms with E-state index in [1.54, 1.807) is 37.5 Å². The van der Waals surface area contributed by atoms with Gasteiger partial charge >= 0.3 is 6.36 Å². The van der Waals surface area contributed by atoms with E-state index in [1.807, 2.05) is 0 Å². The molecule has 0 fully saturated rings. The van der Waals surface area contributed by atoms with Gasteiger partial charge in [0.15, 0.2) is 5.82 Å². The molecule has 0 aliphatic carbocycles. The van der Waals surface area contributed by atoms with E-state index in [4.69, 9.17) is 5.21 Å². The quantitative estimate of drug-likeness (QED) is 0.262. The van der Waals surface area contributed by atoms with Crippen LogP contribution in [-0.2, 0) is 7.05 Å². The second kappa shape index (κ2) is 8.73. The normalized spacial score (nSPS) is 11.8. The number of nitrogens with one attached hydrogen (secondary N) is 1. The lowest BCUT2D eigenvalue weighted by Crippen LogP contribution is -2.24. The number of halogens is 3. The fourth-order valence-electron chi connectivity index (χ4n) is 3.28. The van der Waals surface area contributed by atoms with Crippen molar-refractivity contribution in [3.63, 3.8) is 0 Å². The number of rotatable bonds is 5. The number of alkyl halides is 3. The van der Waals surface area contributed by atoms with Crippen LogP contribution >= 0.6 is 0 Å². The zero-order chi connectivity index (χ0) is 24.5. The van der Waals surface area contributed by atoms with Gasteiger partial charge in [0.25, 0.3) is 11.1 Å². The van der Waals surface area contributed by atoms with E-state index >= 15 is 0 Å². The molecule has 2 N–H and O–H groups in total. The molecule has 0 aliphatic heterocycles. The van der Waals surface area contributed by atoms with Crippen molar-refractivity contribution in [2.75, 3.05) is 5.32 Å². The third-order valence-electron chi connectivity index (χ3n) is 4.82. The van der Waals surface area contributed by atoms with Crippen molar-refractivity contribution in [2.24, 2.45) is 12.2 Å².